The van der Waals surface area contributed by atoms with Gasteiger partial charge in [-0.2, -0.15) is 4.98 Å². The summed E-state index contributed by atoms with van der Waals surface area (Å²) in [7, 11) is 0. The second kappa shape index (κ2) is 7.35. The number of rotatable bonds is 7. The van der Waals surface area contributed by atoms with Crippen LogP contribution in [-0.4, -0.2) is 34.1 Å². The van der Waals surface area contributed by atoms with Gasteiger partial charge >= 0.3 is 0 Å². The average Bonchev–Trinajstić information content (AvgIpc) is 3.19. The number of amides is 1. The van der Waals surface area contributed by atoms with Gasteiger partial charge in [0.15, 0.2) is 5.82 Å². The van der Waals surface area contributed by atoms with E-state index in [0.717, 1.165) is 37.8 Å². The number of hydrogen-bond acceptors (Lipinski definition) is 5. The van der Waals surface area contributed by atoms with Crippen molar-refractivity contribution in [3.63, 3.8) is 0 Å². The van der Waals surface area contributed by atoms with E-state index in [2.05, 4.69) is 10.1 Å². The van der Waals surface area contributed by atoms with E-state index in [9.17, 15) is 4.79 Å². The van der Waals surface area contributed by atoms with Crippen LogP contribution in [0.3, 0.4) is 0 Å². The minimum Gasteiger partial charge on any atom is -0.376 e. The van der Waals surface area contributed by atoms with Gasteiger partial charge < -0.3 is 14.2 Å². The molecule has 25 heavy (non-hydrogen) atoms. The molecule has 2 fully saturated rings. The first kappa shape index (κ1) is 16.3. The minimum atomic E-state index is -0.0420. The van der Waals surface area contributed by atoms with E-state index >= 15 is 0 Å². The highest BCUT2D eigenvalue weighted by Crippen LogP contribution is 2.38. The summed E-state index contributed by atoms with van der Waals surface area (Å²) in [6.45, 7) is 1.93. The first-order valence-electron chi connectivity index (χ1n) is 9.06. The molecule has 0 radical (unpaired) electrons. The Morgan fingerprint density at radius 3 is 2.88 bits per heavy atom. The van der Waals surface area contributed by atoms with Crippen LogP contribution in [0.4, 0.5) is 0 Å². The van der Waals surface area contributed by atoms with Gasteiger partial charge in [-0.1, -0.05) is 35.5 Å². The molecular formula is C19H23N3O3. The van der Waals surface area contributed by atoms with Gasteiger partial charge in [0.2, 0.25) is 11.8 Å². The third-order valence-electron chi connectivity index (χ3n) is 4.81. The Morgan fingerprint density at radius 1 is 1.24 bits per heavy atom. The van der Waals surface area contributed by atoms with Crippen LogP contribution < -0.4 is 0 Å². The molecule has 1 saturated heterocycles. The third kappa shape index (κ3) is 3.90. The molecule has 2 heterocycles. The lowest BCUT2D eigenvalue weighted by Crippen LogP contribution is -2.31. The van der Waals surface area contributed by atoms with Crippen molar-refractivity contribution in [1.82, 2.24) is 15.0 Å². The summed E-state index contributed by atoms with van der Waals surface area (Å²) in [5.41, 5.74) is 1.15. The summed E-state index contributed by atoms with van der Waals surface area (Å²) in [5.74, 6) is 1.71. The maximum Gasteiger partial charge on any atom is 0.249 e. The standard InChI is InChI=1S/C19H23N3O3/c23-19(15-8-9-15)22-11-4-7-16(22)18-20-17(21-25-18)10-12-24-13-14-5-2-1-3-6-14/h1-3,5-6,15-16H,4,7-13H2. The van der Waals surface area contributed by atoms with Crippen LogP contribution in [-0.2, 0) is 22.6 Å². The molecular weight excluding hydrogens is 318 g/mol. The number of benzene rings is 1. The van der Waals surface area contributed by atoms with Gasteiger partial charge in [0.05, 0.1) is 13.2 Å². The molecule has 6 heteroatoms. The molecule has 2 aliphatic rings. The predicted octanol–water partition coefficient (Wildman–Crippen LogP) is 2.90. The lowest BCUT2D eigenvalue weighted by Gasteiger charge is -2.21. The number of likely N-dealkylation sites (tertiary alicyclic amines) is 1. The molecule has 0 spiro atoms. The molecule has 1 aromatic heterocycles. The van der Waals surface area contributed by atoms with Crippen LogP contribution in [0, 0.1) is 5.92 Å². The molecule has 1 aromatic carbocycles. The van der Waals surface area contributed by atoms with Crippen LogP contribution in [0.2, 0.25) is 0 Å². The van der Waals surface area contributed by atoms with Gasteiger partial charge in [0.1, 0.15) is 6.04 Å². The summed E-state index contributed by atoms with van der Waals surface area (Å²) in [6.07, 6.45) is 4.57. The van der Waals surface area contributed by atoms with E-state index < -0.39 is 0 Å². The summed E-state index contributed by atoms with van der Waals surface area (Å²) in [4.78, 5) is 18.8. The van der Waals surface area contributed by atoms with Gasteiger partial charge in [0.25, 0.3) is 0 Å². The molecule has 1 amide bonds. The van der Waals surface area contributed by atoms with Crippen LogP contribution in [0.5, 0.6) is 0 Å². The lowest BCUT2D eigenvalue weighted by molar-refractivity contribution is -0.133. The summed E-state index contributed by atoms with van der Waals surface area (Å²) < 4.78 is 11.1. The fourth-order valence-corrected chi connectivity index (χ4v) is 3.28. The molecule has 132 valence electrons. The van der Waals surface area contributed by atoms with Crippen LogP contribution in [0.25, 0.3) is 0 Å². The van der Waals surface area contributed by atoms with Crippen molar-refractivity contribution in [1.29, 1.82) is 0 Å². The fourth-order valence-electron chi connectivity index (χ4n) is 3.28. The Balaban J connectivity index is 1.28. The molecule has 1 aliphatic carbocycles. The van der Waals surface area contributed by atoms with Gasteiger partial charge in [-0.05, 0) is 31.2 Å². The van der Waals surface area contributed by atoms with Gasteiger partial charge in [-0.15, -0.1) is 0 Å². The van der Waals surface area contributed by atoms with Crippen molar-refractivity contribution in [3.05, 3.63) is 47.6 Å². The first-order valence-corrected chi connectivity index (χ1v) is 9.06. The number of ether oxygens (including phenoxy) is 1. The molecule has 6 nitrogen and oxygen atoms in total. The molecule has 0 N–H and O–H groups in total. The first-order chi connectivity index (χ1) is 12.3. The van der Waals surface area contributed by atoms with Gasteiger partial charge in [-0.3, -0.25) is 4.79 Å². The minimum absolute atomic E-state index is 0.0420. The quantitative estimate of drug-likeness (QED) is 0.724. The fraction of sp³-hybridized carbons (Fsp3) is 0.526. The van der Waals surface area contributed by atoms with Crippen LogP contribution >= 0.6 is 0 Å². The SMILES string of the molecule is O=C(C1CC1)N1CCCC1c1nc(CCOCc2ccccc2)no1. The Kier molecular flexibility index (Phi) is 4.78. The van der Waals surface area contributed by atoms with Crippen molar-refractivity contribution in [2.75, 3.05) is 13.2 Å². The second-order valence-electron chi connectivity index (χ2n) is 6.80. The number of aromatic nitrogens is 2. The highest BCUT2D eigenvalue weighted by Gasteiger charge is 2.40. The highest BCUT2D eigenvalue weighted by molar-refractivity contribution is 5.81. The zero-order valence-electron chi connectivity index (χ0n) is 14.3. The van der Waals surface area contributed by atoms with Crippen molar-refractivity contribution < 1.29 is 14.1 Å². The number of nitrogens with zero attached hydrogens (tertiary/aromatic N) is 3. The Bertz CT molecular complexity index is 712. The number of carbonyl (C=O) groups excluding carboxylic acids is 1. The normalized spacial score (nSPS) is 20.2. The average molecular weight is 341 g/mol. The largest absolute Gasteiger partial charge is 0.376 e. The maximum atomic E-state index is 12.4. The number of carbonyl (C=O) groups is 1. The highest BCUT2D eigenvalue weighted by atomic mass is 16.5. The molecule has 2 aromatic rings. The van der Waals surface area contributed by atoms with Gasteiger partial charge in [0, 0.05) is 18.9 Å². The molecule has 1 saturated carbocycles. The molecule has 4 rings (SSSR count). The molecule has 1 atom stereocenters. The van der Waals surface area contributed by atoms with E-state index in [-0.39, 0.29) is 17.9 Å². The predicted molar refractivity (Wildman–Crippen MR) is 90.5 cm³/mol. The molecule has 1 aliphatic heterocycles. The zero-order valence-corrected chi connectivity index (χ0v) is 14.3. The second-order valence-corrected chi connectivity index (χ2v) is 6.80. The molecule has 1 unspecified atom stereocenters. The Morgan fingerprint density at radius 2 is 2.08 bits per heavy atom. The van der Waals surface area contributed by atoms with E-state index in [4.69, 9.17) is 9.26 Å². The topological polar surface area (TPSA) is 68.5 Å². The Hall–Kier alpha value is -2.21. The third-order valence-corrected chi connectivity index (χ3v) is 4.81. The summed E-state index contributed by atoms with van der Waals surface area (Å²) in [5, 5.41) is 4.06. The summed E-state index contributed by atoms with van der Waals surface area (Å²) >= 11 is 0. The maximum absolute atomic E-state index is 12.4. The smallest absolute Gasteiger partial charge is 0.249 e. The van der Waals surface area contributed by atoms with Crippen molar-refractivity contribution >= 4 is 5.91 Å². The van der Waals surface area contributed by atoms with E-state index in [1.165, 1.54) is 0 Å². The van der Waals surface area contributed by atoms with Gasteiger partial charge in [-0.25, -0.2) is 0 Å². The molecule has 0 bridgehead atoms. The van der Waals surface area contributed by atoms with E-state index in [1.807, 2.05) is 35.2 Å². The van der Waals surface area contributed by atoms with Crippen LogP contribution in [0.15, 0.2) is 34.9 Å². The summed E-state index contributed by atoms with van der Waals surface area (Å²) in [6, 6.07) is 10.0. The lowest BCUT2D eigenvalue weighted by atomic mass is 10.2. The zero-order chi connectivity index (χ0) is 17.1. The van der Waals surface area contributed by atoms with E-state index in [0.29, 0.717) is 31.3 Å². The monoisotopic (exact) mass is 341 g/mol. The Labute approximate surface area is 147 Å². The van der Waals surface area contributed by atoms with Crippen molar-refractivity contribution in [3.8, 4) is 0 Å². The number of hydrogen-bond donors (Lipinski definition) is 0. The van der Waals surface area contributed by atoms with Crippen LogP contribution in [0.1, 0.15) is 49.0 Å². The van der Waals surface area contributed by atoms with Crippen molar-refractivity contribution in [2.24, 2.45) is 5.92 Å². The van der Waals surface area contributed by atoms with Crippen molar-refractivity contribution in [2.45, 2.75) is 44.8 Å². The van der Waals surface area contributed by atoms with E-state index in [1.54, 1.807) is 0 Å².